The Hall–Kier alpha value is -0.660. The second-order valence-corrected chi connectivity index (χ2v) is 7.69. The molecule has 0 spiro atoms. The van der Waals surface area contributed by atoms with Crippen LogP contribution in [0.4, 0.5) is 5.82 Å². The zero-order chi connectivity index (χ0) is 14.0. The first-order valence-corrected chi connectivity index (χ1v) is 8.54. The molecule has 0 unspecified atom stereocenters. The molecular weight excluding hydrogens is 330 g/mol. The topological polar surface area (TPSA) is 62.3 Å². The maximum atomic E-state index is 12.6. The van der Waals surface area contributed by atoms with E-state index in [1.54, 1.807) is 19.3 Å². The number of rotatable bonds is 6. The van der Waals surface area contributed by atoms with Crippen LogP contribution in [0, 0.1) is 5.92 Å². The molecular formula is C12H18BrN3O2S. The minimum atomic E-state index is -3.49. The number of hydrogen-bond acceptors (Lipinski definition) is 4. The van der Waals surface area contributed by atoms with Gasteiger partial charge in [0.1, 0.15) is 10.7 Å². The first kappa shape index (κ1) is 14.7. The Bertz CT molecular complexity index is 558. The fourth-order valence-electron chi connectivity index (χ4n) is 1.85. The van der Waals surface area contributed by atoms with E-state index in [1.807, 2.05) is 6.92 Å². The van der Waals surface area contributed by atoms with Gasteiger partial charge in [-0.25, -0.2) is 17.7 Å². The first-order chi connectivity index (χ1) is 8.95. The van der Waals surface area contributed by atoms with Crippen LogP contribution in [0.25, 0.3) is 0 Å². The Morgan fingerprint density at radius 3 is 2.79 bits per heavy atom. The van der Waals surface area contributed by atoms with Crippen molar-refractivity contribution < 1.29 is 8.42 Å². The van der Waals surface area contributed by atoms with E-state index in [0.717, 1.165) is 12.8 Å². The molecule has 106 valence electrons. The molecule has 0 saturated heterocycles. The second-order valence-electron chi connectivity index (χ2n) is 4.76. The summed E-state index contributed by atoms with van der Waals surface area (Å²) in [6, 6.07) is 1.60. The van der Waals surface area contributed by atoms with Crippen LogP contribution < -0.4 is 5.32 Å². The zero-order valence-corrected chi connectivity index (χ0v) is 13.5. The standard InChI is InChI=1S/C12H18BrN3O2S/c1-3-14-12-11(6-10(13)7-15-12)19(17,18)16(2)8-9-4-5-9/h6-7,9H,3-5,8H2,1-2H3,(H,14,15). The number of anilines is 1. The molecule has 0 amide bonds. The molecule has 1 aromatic rings. The summed E-state index contributed by atoms with van der Waals surface area (Å²) in [5, 5.41) is 3.00. The molecule has 1 saturated carbocycles. The molecule has 0 radical (unpaired) electrons. The average molecular weight is 348 g/mol. The van der Waals surface area contributed by atoms with E-state index in [4.69, 9.17) is 0 Å². The van der Waals surface area contributed by atoms with Gasteiger partial charge < -0.3 is 5.32 Å². The van der Waals surface area contributed by atoms with Gasteiger partial charge >= 0.3 is 0 Å². The van der Waals surface area contributed by atoms with Gasteiger partial charge in [-0.2, -0.15) is 0 Å². The fourth-order valence-corrected chi connectivity index (χ4v) is 3.72. The molecule has 1 aliphatic rings. The van der Waals surface area contributed by atoms with Gasteiger partial charge in [-0.15, -0.1) is 0 Å². The Balaban J connectivity index is 2.34. The Labute approximate surface area is 122 Å². The lowest BCUT2D eigenvalue weighted by molar-refractivity contribution is 0.453. The van der Waals surface area contributed by atoms with E-state index < -0.39 is 10.0 Å². The number of nitrogens with one attached hydrogen (secondary N) is 1. The van der Waals surface area contributed by atoms with Gasteiger partial charge in [-0.05, 0) is 47.7 Å². The number of halogens is 1. The van der Waals surface area contributed by atoms with Crippen LogP contribution in [-0.4, -0.2) is 37.8 Å². The maximum absolute atomic E-state index is 12.6. The Morgan fingerprint density at radius 1 is 1.53 bits per heavy atom. The van der Waals surface area contributed by atoms with Crippen molar-refractivity contribution in [1.82, 2.24) is 9.29 Å². The van der Waals surface area contributed by atoms with E-state index in [1.165, 1.54) is 4.31 Å². The van der Waals surface area contributed by atoms with E-state index in [0.29, 0.717) is 29.3 Å². The molecule has 0 bridgehead atoms. The molecule has 0 aromatic carbocycles. The van der Waals surface area contributed by atoms with E-state index in [-0.39, 0.29) is 4.90 Å². The van der Waals surface area contributed by atoms with Crippen molar-refractivity contribution in [1.29, 1.82) is 0 Å². The van der Waals surface area contributed by atoms with Crippen molar-refractivity contribution in [2.24, 2.45) is 5.92 Å². The summed E-state index contributed by atoms with van der Waals surface area (Å²) in [4.78, 5) is 4.38. The van der Waals surface area contributed by atoms with Crippen LogP contribution >= 0.6 is 15.9 Å². The normalized spacial score (nSPS) is 15.8. The smallest absolute Gasteiger partial charge is 0.246 e. The highest BCUT2D eigenvalue weighted by Gasteiger charge is 2.31. The average Bonchev–Trinajstić information content (AvgIpc) is 3.15. The number of nitrogens with zero attached hydrogens (tertiary/aromatic N) is 2. The lowest BCUT2D eigenvalue weighted by atomic mass is 10.4. The van der Waals surface area contributed by atoms with Crippen LogP contribution in [0.1, 0.15) is 19.8 Å². The lowest BCUT2D eigenvalue weighted by Crippen LogP contribution is -2.29. The van der Waals surface area contributed by atoms with Gasteiger partial charge in [0.05, 0.1) is 0 Å². The van der Waals surface area contributed by atoms with Crippen molar-refractivity contribution in [3.05, 3.63) is 16.7 Å². The molecule has 1 N–H and O–H groups in total. The molecule has 0 atom stereocenters. The van der Waals surface area contributed by atoms with Crippen LogP contribution in [0.2, 0.25) is 0 Å². The van der Waals surface area contributed by atoms with E-state index in [2.05, 4.69) is 26.2 Å². The SMILES string of the molecule is CCNc1ncc(Br)cc1S(=O)(=O)N(C)CC1CC1. The molecule has 1 fully saturated rings. The highest BCUT2D eigenvalue weighted by atomic mass is 79.9. The third-order valence-corrected chi connectivity index (χ3v) is 5.33. The molecule has 7 heteroatoms. The van der Waals surface area contributed by atoms with Crippen LogP contribution in [0.3, 0.4) is 0 Å². The van der Waals surface area contributed by atoms with Crippen molar-refractivity contribution in [3.8, 4) is 0 Å². The minimum absolute atomic E-state index is 0.229. The summed E-state index contributed by atoms with van der Waals surface area (Å²) in [6.45, 7) is 3.12. The van der Waals surface area contributed by atoms with Crippen molar-refractivity contribution in [3.63, 3.8) is 0 Å². The second kappa shape index (κ2) is 5.76. The summed E-state index contributed by atoms with van der Waals surface area (Å²) < 4.78 is 27.2. The zero-order valence-electron chi connectivity index (χ0n) is 11.1. The number of hydrogen-bond donors (Lipinski definition) is 1. The predicted octanol–water partition coefficient (Wildman–Crippen LogP) is 2.31. The molecule has 5 nitrogen and oxygen atoms in total. The molecule has 19 heavy (non-hydrogen) atoms. The molecule has 1 heterocycles. The van der Waals surface area contributed by atoms with Gasteiger partial charge in [0.2, 0.25) is 10.0 Å². The van der Waals surface area contributed by atoms with Gasteiger partial charge in [-0.1, -0.05) is 0 Å². The molecule has 2 rings (SSSR count). The van der Waals surface area contributed by atoms with E-state index >= 15 is 0 Å². The quantitative estimate of drug-likeness (QED) is 0.857. The highest BCUT2D eigenvalue weighted by molar-refractivity contribution is 9.10. The summed E-state index contributed by atoms with van der Waals surface area (Å²) in [6.07, 6.45) is 3.84. The monoisotopic (exact) mass is 347 g/mol. The molecule has 1 aliphatic carbocycles. The summed E-state index contributed by atoms with van der Waals surface area (Å²) in [5.74, 6) is 0.927. The van der Waals surface area contributed by atoms with E-state index in [9.17, 15) is 8.42 Å². The Kier molecular flexibility index (Phi) is 4.47. The predicted molar refractivity (Wildman–Crippen MR) is 78.6 cm³/mol. The van der Waals surface area contributed by atoms with Crippen molar-refractivity contribution in [2.45, 2.75) is 24.7 Å². The van der Waals surface area contributed by atoms with Gasteiger partial charge in [0, 0.05) is 30.8 Å². The van der Waals surface area contributed by atoms with Crippen LogP contribution in [0.15, 0.2) is 21.6 Å². The minimum Gasteiger partial charge on any atom is -0.369 e. The van der Waals surface area contributed by atoms with Gasteiger partial charge in [-0.3, -0.25) is 0 Å². The Morgan fingerprint density at radius 2 is 2.21 bits per heavy atom. The van der Waals surface area contributed by atoms with Crippen molar-refractivity contribution >= 4 is 31.8 Å². The molecule has 1 aromatic heterocycles. The third kappa shape index (κ3) is 3.46. The summed E-state index contributed by atoms with van der Waals surface area (Å²) >= 11 is 3.28. The number of pyridine rings is 1. The summed E-state index contributed by atoms with van der Waals surface area (Å²) in [5.41, 5.74) is 0. The van der Waals surface area contributed by atoms with Crippen LogP contribution in [0.5, 0.6) is 0 Å². The largest absolute Gasteiger partial charge is 0.369 e. The number of sulfonamides is 1. The highest BCUT2D eigenvalue weighted by Crippen LogP contribution is 2.32. The van der Waals surface area contributed by atoms with Crippen molar-refractivity contribution in [2.75, 3.05) is 25.5 Å². The van der Waals surface area contributed by atoms with Crippen LogP contribution in [-0.2, 0) is 10.0 Å². The molecule has 0 aliphatic heterocycles. The lowest BCUT2D eigenvalue weighted by Gasteiger charge is -2.19. The summed E-state index contributed by atoms with van der Waals surface area (Å²) in [7, 11) is -1.86. The van der Waals surface area contributed by atoms with Gasteiger partial charge in [0.25, 0.3) is 0 Å². The first-order valence-electron chi connectivity index (χ1n) is 6.31. The van der Waals surface area contributed by atoms with Gasteiger partial charge in [0.15, 0.2) is 0 Å². The number of aromatic nitrogens is 1. The third-order valence-electron chi connectivity index (χ3n) is 3.06. The maximum Gasteiger partial charge on any atom is 0.246 e. The fraction of sp³-hybridized carbons (Fsp3) is 0.583.